The lowest BCUT2D eigenvalue weighted by Crippen LogP contribution is -2.24. The van der Waals surface area contributed by atoms with E-state index in [2.05, 4.69) is 15.3 Å². The van der Waals surface area contributed by atoms with Gasteiger partial charge in [-0.05, 0) is 29.9 Å². The van der Waals surface area contributed by atoms with E-state index in [9.17, 15) is 13.2 Å². The Labute approximate surface area is 120 Å². The predicted octanol–water partition coefficient (Wildman–Crippen LogP) is 3.36. The molecule has 0 saturated heterocycles. The van der Waals surface area contributed by atoms with Crippen molar-refractivity contribution in [1.82, 2.24) is 9.97 Å². The summed E-state index contributed by atoms with van der Waals surface area (Å²) in [5.41, 5.74) is -1.26. The molecule has 2 N–H and O–H groups in total. The van der Waals surface area contributed by atoms with Crippen molar-refractivity contribution >= 4 is 17.4 Å². The minimum absolute atomic E-state index is 0.0365. The maximum atomic E-state index is 12.6. The van der Waals surface area contributed by atoms with E-state index in [-0.39, 0.29) is 17.8 Å². The maximum Gasteiger partial charge on any atom is 0.433 e. The molecular weight excluding hydrogens is 295 g/mol. The van der Waals surface area contributed by atoms with Crippen LogP contribution in [0.25, 0.3) is 0 Å². The summed E-state index contributed by atoms with van der Waals surface area (Å²) in [5.74, 6) is 0.0365. The Balaban J connectivity index is 2.76. The molecule has 114 valence electrons. The van der Waals surface area contributed by atoms with Gasteiger partial charge in [0.15, 0.2) is 5.69 Å². The van der Waals surface area contributed by atoms with Gasteiger partial charge in [0, 0.05) is 19.2 Å². The lowest BCUT2D eigenvalue weighted by atomic mass is 9.88. The molecule has 0 spiro atoms. The van der Waals surface area contributed by atoms with E-state index in [1.807, 2.05) is 13.8 Å². The van der Waals surface area contributed by atoms with E-state index in [1.165, 1.54) is 0 Å². The van der Waals surface area contributed by atoms with E-state index in [0.29, 0.717) is 13.0 Å². The zero-order chi connectivity index (χ0) is 15.4. The smallest absolute Gasteiger partial charge is 0.396 e. The third-order valence-electron chi connectivity index (χ3n) is 2.75. The normalized spacial score (nSPS) is 12.6. The average molecular weight is 312 g/mol. The molecule has 20 heavy (non-hydrogen) atoms. The molecule has 0 atom stereocenters. The number of aliphatic hydroxyl groups is 1. The van der Waals surface area contributed by atoms with Crippen molar-refractivity contribution in [3.8, 4) is 0 Å². The summed E-state index contributed by atoms with van der Waals surface area (Å²) in [5, 5.41) is 11.2. The van der Waals surface area contributed by atoms with E-state index in [4.69, 9.17) is 16.7 Å². The second-order valence-electron chi connectivity index (χ2n) is 5.25. The molecule has 0 amide bonds. The third kappa shape index (κ3) is 5.50. The topological polar surface area (TPSA) is 58.0 Å². The maximum absolute atomic E-state index is 12.6. The summed E-state index contributed by atoms with van der Waals surface area (Å²) in [6, 6.07) is 0.827. The van der Waals surface area contributed by atoms with Gasteiger partial charge in [-0.25, -0.2) is 9.97 Å². The molecule has 1 heterocycles. The van der Waals surface area contributed by atoms with Crippen LogP contribution in [0.3, 0.4) is 0 Å². The second-order valence-corrected chi connectivity index (χ2v) is 5.59. The molecule has 0 unspecified atom stereocenters. The fourth-order valence-electron chi connectivity index (χ4n) is 1.63. The molecule has 0 radical (unpaired) electrons. The Morgan fingerprint density at radius 3 is 2.50 bits per heavy atom. The van der Waals surface area contributed by atoms with E-state index >= 15 is 0 Å². The Bertz CT molecular complexity index is 452. The zero-order valence-electron chi connectivity index (χ0n) is 11.3. The second kappa shape index (κ2) is 6.58. The Morgan fingerprint density at radius 2 is 1.95 bits per heavy atom. The summed E-state index contributed by atoms with van der Waals surface area (Å²) < 4.78 is 37.8. The molecule has 0 bridgehead atoms. The number of anilines is 1. The molecular formula is C12H17ClF3N3O. The van der Waals surface area contributed by atoms with Crippen LogP contribution in [0.1, 0.15) is 32.4 Å². The highest BCUT2D eigenvalue weighted by Crippen LogP contribution is 2.30. The van der Waals surface area contributed by atoms with Crippen LogP contribution in [0, 0.1) is 5.41 Å². The van der Waals surface area contributed by atoms with Crippen molar-refractivity contribution < 1.29 is 18.3 Å². The summed E-state index contributed by atoms with van der Waals surface area (Å²) in [4.78, 5) is 6.88. The zero-order valence-corrected chi connectivity index (χ0v) is 12.0. The Morgan fingerprint density at radius 1 is 1.30 bits per heavy atom. The van der Waals surface area contributed by atoms with Crippen LogP contribution in [0.15, 0.2) is 6.07 Å². The largest absolute Gasteiger partial charge is 0.433 e. The number of aliphatic hydroxyl groups excluding tert-OH is 1. The summed E-state index contributed by atoms with van der Waals surface area (Å²) >= 11 is 5.49. The number of hydrogen-bond acceptors (Lipinski definition) is 4. The fraction of sp³-hybridized carbons (Fsp3) is 0.667. The van der Waals surface area contributed by atoms with Gasteiger partial charge in [0.2, 0.25) is 5.28 Å². The number of aromatic nitrogens is 2. The lowest BCUT2D eigenvalue weighted by Gasteiger charge is -2.25. The molecule has 1 aromatic heterocycles. The molecule has 0 aliphatic carbocycles. The standard InChI is InChI=1S/C12H17ClF3N3O/c1-11(2,4-3-5-20)7-17-9-6-8(12(14,15)16)18-10(13)19-9/h6,20H,3-5,7H2,1-2H3,(H,17,18,19). The monoisotopic (exact) mass is 311 g/mol. The fourth-order valence-corrected chi connectivity index (χ4v) is 1.81. The van der Waals surface area contributed by atoms with Crippen LogP contribution < -0.4 is 5.32 Å². The molecule has 0 aliphatic heterocycles. The molecule has 0 aliphatic rings. The minimum atomic E-state index is -4.56. The van der Waals surface area contributed by atoms with Crippen LogP contribution >= 0.6 is 11.6 Å². The van der Waals surface area contributed by atoms with Crippen LogP contribution in [0.4, 0.5) is 19.0 Å². The van der Waals surface area contributed by atoms with Gasteiger partial charge >= 0.3 is 6.18 Å². The molecule has 8 heteroatoms. The highest BCUT2D eigenvalue weighted by molar-refractivity contribution is 6.28. The highest BCUT2D eigenvalue weighted by atomic mass is 35.5. The van der Waals surface area contributed by atoms with Crippen molar-refractivity contribution in [3.05, 3.63) is 17.0 Å². The number of nitrogens with one attached hydrogen (secondary N) is 1. The van der Waals surface area contributed by atoms with Gasteiger partial charge in [-0.15, -0.1) is 0 Å². The predicted molar refractivity (Wildman–Crippen MR) is 70.6 cm³/mol. The third-order valence-corrected chi connectivity index (χ3v) is 2.92. The first kappa shape index (κ1) is 17.0. The first-order valence-corrected chi connectivity index (χ1v) is 6.48. The minimum Gasteiger partial charge on any atom is -0.396 e. The molecule has 0 saturated carbocycles. The van der Waals surface area contributed by atoms with E-state index in [0.717, 1.165) is 12.5 Å². The van der Waals surface area contributed by atoms with E-state index < -0.39 is 17.2 Å². The Kier molecular flexibility index (Phi) is 5.59. The van der Waals surface area contributed by atoms with Gasteiger partial charge < -0.3 is 10.4 Å². The highest BCUT2D eigenvalue weighted by Gasteiger charge is 2.33. The van der Waals surface area contributed by atoms with Gasteiger partial charge in [-0.2, -0.15) is 13.2 Å². The molecule has 0 aromatic carbocycles. The van der Waals surface area contributed by atoms with Crippen molar-refractivity contribution in [3.63, 3.8) is 0 Å². The quantitative estimate of drug-likeness (QED) is 0.791. The summed E-state index contributed by atoms with van der Waals surface area (Å²) in [6.07, 6.45) is -3.19. The van der Waals surface area contributed by atoms with Gasteiger partial charge in [0.05, 0.1) is 0 Å². The number of hydrogen-bond donors (Lipinski definition) is 2. The number of rotatable bonds is 6. The molecule has 1 rings (SSSR count). The van der Waals surface area contributed by atoms with Gasteiger partial charge in [0.25, 0.3) is 0 Å². The van der Waals surface area contributed by atoms with Crippen molar-refractivity contribution in [2.24, 2.45) is 5.41 Å². The van der Waals surface area contributed by atoms with Crippen molar-refractivity contribution in [2.75, 3.05) is 18.5 Å². The SMILES string of the molecule is CC(C)(CCCO)CNc1cc(C(F)(F)F)nc(Cl)n1. The number of nitrogens with zero attached hydrogens (tertiary/aromatic N) is 2. The molecule has 4 nitrogen and oxygen atoms in total. The molecule has 0 fully saturated rings. The summed E-state index contributed by atoms with van der Waals surface area (Å²) in [6.45, 7) is 4.39. The first-order valence-electron chi connectivity index (χ1n) is 6.10. The lowest BCUT2D eigenvalue weighted by molar-refractivity contribution is -0.141. The van der Waals surface area contributed by atoms with Gasteiger partial charge in [-0.1, -0.05) is 13.8 Å². The van der Waals surface area contributed by atoms with Crippen LogP contribution in [-0.2, 0) is 6.18 Å². The average Bonchev–Trinajstić information content (AvgIpc) is 2.32. The van der Waals surface area contributed by atoms with Gasteiger partial charge in [0.1, 0.15) is 5.82 Å². The van der Waals surface area contributed by atoms with Crippen LogP contribution in [0.2, 0.25) is 5.28 Å². The first-order chi connectivity index (χ1) is 9.14. The van der Waals surface area contributed by atoms with Crippen LogP contribution in [0.5, 0.6) is 0 Å². The Hall–Kier alpha value is -1.08. The van der Waals surface area contributed by atoms with Crippen molar-refractivity contribution in [1.29, 1.82) is 0 Å². The van der Waals surface area contributed by atoms with Crippen LogP contribution in [-0.4, -0.2) is 28.2 Å². The van der Waals surface area contributed by atoms with E-state index in [1.54, 1.807) is 0 Å². The summed E-state index contributed by atoms with van der Waals surface area (Å²) in [7, 11) is 0. The van der Waals surface area contributed by atoms with Gasteiger partial charge in [-0.3, -0.25) is 0 Å². The molecule has 1 aromatic rings. The number of halogens is 4. The van der Waals surface area contributed by atoms with Crippen molar-refractivity contribution in [2.45, 2.75) is 32.9 Å². The number of alkyl halides is 3.